The lowest BCUT2D eigenvalue weighted by molar-refractivity contribution is -0.125. The summed E-state index contributed by atoms with van der Waals surface area (Å²) in [6.07, 6.45) is 0. The normalized spacial score (nSPS) is 13.1. The maximum Gasteiger partial charge on any atom is 0.268 e. The molecule has 1 amide bonds. The first-order chi connectivity index (χ1) is 6.40. The summed E-state index contributed by atoms with van der Waals surface area (Å²) in [5.41, 5.74) is -0.329. The molecule has 80 valence electrons. The summed E-state index contributed by atoms with van der Waals surface area (Å²) in [5.74, 6) is -0.288. The Bertz CT molecular complexity index is 227. The van der Waals surface area contributed by atoms with Crippen molar-refractivity contribution in [2.75, 3.05) is 13.3 Å². The van der Waals surface area contributed by atoms with E-state index >= 15 is 0 Å². The molecule has 0 aromatic rings. The van der Waals surface area contributed by atoms with E-state index in [0.29, 0.717) is 0 Å². The lowest BCUT2D eigenvalue weighted by atomic mass is 10.1. The van der Waals surface area contributed by atoms with Gasteiger partial charge in [0.2, 0.25) is 5.91 Å². The number of amides is 1. The summed E-state index contributed by atoms with van der Waals surface area (Å²) < 4.78 is 0. The first kappa shape index (κ1) is 12.9. The third-order valence-corrected chi connectivity index (χ3v) is 1.41. The number of hydrogen-bond acceptors (Lipinski definition) is 3. The highest BCUT2D eigenvalue weighted by Gasteiger charge is 2.22. The number of rotatable bonds is 4. The maximum absolute atomic E-state index is 11.5. The van der Waals surface area contributed by atoms with Crippen LogP contribution in [0.25, 0.3) is 4.85 Å². The van der Waals surface area contributed by atoms with Gasteiger partial charge in [-0.2, -0.15) is 0 Å². The van der Waals surface area contributed by atoms with Crippen molar-refractivity contribution in [3.05, 3.63) is 11.4 Å². The summed E-state index contributed by atoms with van der Waals surface area (Å²) in [6.45, 7) is 11.8. The second kappa shape index (κ2) is 5.58. The Morgan fingerprint density at radius 3 is 2.50 bits per heavy atom. The van der Waals surface area contributed by atoms with Gasteiger partial charge in [-0.15, -0.1) is 0 Å². The van der Waals surface area contributed by atoms with Crippen LogP contribution in [0, 0.1) is 6.57 Å². The van der Waals surface area contributed by atoms with Gasteiger partial charge in [-0.3, -0.25) is 9.64 Å². The van der Waals surface area contributed by atoms with Gasteiger partial charge in [-0.1, -0.05) is 0 Å². The minimum atomic E-state index is -0.705. The molecule has 0 aliphatic heterocycles. The van der Waals surface area contributed by atoms with Crippen LogP contribution in [0.15, 0.2) is 0 Å². The molecule has 0 aliphatic carbocycles. The van der Waals surface area contributed by atoms with Crippen molar-refractivity contribution < 1.29 is 9.90 Å². The van der Waals surface area contributed by atoms with Crippen molar-refractivity contribution in [3.8, 4) is 0 Å². The Labute approximate surface area is 84.3 Å². The van der Waals surface area contributed by atoms with E-state index in [0.717, 1.165) is 0 Å². The molecule has 0 rings (SSSR count). The van der Waals surface area contributed by atoms with E-state index in [9.17, 15) is 4.79 Å². The monoisotopic (exact) mass is 199 g/mol. The molecule has 14 heavy (non-hydrogen) atoms. The number of hydrogen-bond donors (Lipinski definition) is 3. The number of carbonyl (C=O) groups excluding carboxylic acids is 1. The molecule has 0 saturated heterocycles. The molecule has 5 nitrogen and oxygen atoms in total. The Kier molecular flexibility index (Phi) is 5.13. The molecular weight excluding hydrogens is 182 g/mol. The van der Waals surface area contributed by atoms with Gasteiger partial charge in [0.05, 0.1) is 6.61 Å². The molecule has 0 saturated carbocycles. The van der Waals surface area contributed by atoms with E-state index in [1.54, 1.807) is 0 Å². The van der Waals surface area contributed by atoms with Crippen LogP contribution in [0.4, 0.5) is 0 Å². The topological polar surface area (TPSA) is 65.7 Å². The molecule has 0 aromatic heterocycles. The molecule has 0 unspecified atom stereocenters. The van der Waals surface area contributed by atoms with Crippen molar-refractivity contribution >= 4 is 5.91 Å². The van der Waals surface area contributed by atoms with Gasteiger partial charge in [-0.05, 0) is 20.8 Å². The van der Waals surface area contributed by atoms with Crippen LogP contribution in [0.2, 0.25) is 0 Å². The van der Waals surface area contributed by atoms with Gasteiger partial charge >= 0.3 is 0 Å². The van der Waals surface area contributed by atoms with Gasteiger partial charge in [-0.25, -0.2) is 11.9 Å². The molecule has 0 radical (unpaired) electrons. The quantitative estimate of drug-likeness (QED) is 0.546. The first-order valence-electron chi connectivity index (χ1n) is 4.40. The van der Waals surface area contributed by atoms with Crippen LogP contribution < -0.4 is 10.6 Å². The SMILES string of the molecule is [C-]#[N+]CN[C@@H](CO)C(=O)NC(C)(C)C. The highest BCUT2D eigenvalue weighted by Crippen LogP contribution is 1.99. The third-order valence-electron chi connectivity index (χ3n) is 1.41. The van der Waals surface area contributed by atoms with Crippen molar-refractivity contribution in [1.29, 1.82) is 0 Å². The highest BCUT2D eigenvalue weighted by molar-refractivity contribution is 5.82. The van der Waals surface area contributed by atoms with E-state index in [4.69, 9.17) is 11.7 Å². The van der Waals surface area contributed by atoms with E-state index in [2.05, 4.69) is 15.5 Å². The Balaban J connectivity index is 4.12. The van der Waals surface area contributed by atoms with Crippen LogP contribution in [-0.4, -0.2) is 35.9 Å². The lowest BCUT2D eigenvalue weighted by Crippen LogP contribution is -2.52. The first-order valence-corrected chi connectivity index (χ1v) is 4.40. The summed E-state index contributed by atoms with van der Waals surface area (Å²) in [5, 5.41) is 14.2. The number of aliphatic hydroxyl groups excluding tert-OH is 1. The fraction of sp³-hybridized carbons (Fsp3) is 0.778. The fourth-order valence-electron chi connectivity index (χ4n) is 0.853. The Morgan fingerprint density at radius 1 is 1.57 bits per heavy atom. The van der Waals surface area contributed by atoms with Crippen LogP contribution >= 0.6 is 0 Å². The lowest BCUT2D eigenvalue weighted by Gasteiger charge is -2.23. The van der Waals surface area contributed by atoms with Gasteiger partial charge in [0.25, 0.3) is 6.67 Å². The van der Waals surface area contributed by atoms with Crippen molar-refractivity contribution in [3.63, 3.8) is 0 Å². The zero-order valence-electron chi connectivity index (χ0n) is 8.79. The van der Waals surface area contributed by atoms with Crippen LogP contribution in [-0.2, 0) is 4.79 Å². The molecule has 0 heterocycles. The Morgan fingerprint density at radius 2 is 2.14 bits per heavy atom. The van der Waals surface area contributed by atoms with E-state index < -0.39 is 6.04 Å². The van der Waals surface area contributed by atoms with E-state index in [1.165, 1.54) is 0 Å². The molecule has 1 atom stereocenters. The van der Waals surface area contributed by atoms with Gasteiger partial charge in [0.1, 0.15) is 6.04 Å². The largest absolute Gasteiger partial charge is 0.394 e. The number of aliphatic hydroxyl groups is 1. The minimum absolute atomic E-state index is 0.0305. The number of carbonyl (C=O) groups is 1. The summed E-state index contributed by atoms with van der Waals surface area (Å²) in [4.78, 5) is 14.5. The second-order valence-electron chi connectivity index (χ2n) is 3.99. The minimum Gasteiger partial charge on any atom is -0.394 e. The average Bonchev–Trinajstić information content (AvgIpc) is 2.02. The molecule has 0 spiro atoms. The summed E-state index contributed by atoms with van der Waals surface area (Å²) >= 11 is 0. The molecule has 0 aromatic carbocycles. The standard InChI is InChI=1S/C9H17N3O2/c1-9(2,3)12-8(14)7(5-13)11-6-10-4/h7,11,13H,5-6H2,1-3H3,(H,12,14)/t7-/m0/s1. The zero-order valence-corrected chi connectivity index (χ0v) is 8.79. The fourth-order valence-corrected chi connectivity index (χ4v) is 0.853. The number of nitrogens with one attached hydrogen (secondary N) is 2. The molecule has 5 heteroatoms. The van der Waals surface area contributed by atoms with Gasteiger partial charge < -0.3 is 10.4 Å². The molecule has 3 N–H and O–H groups in total. The number of nitrogens with zero attached hydrogens (tertiary/aromatic N) is 1. The second-order valence-corrected chi connectivity index (χ2v) is 3.99. The third kappa shape index (κ3) is 5.51. The Hall–Kier alpha value is -1.12. The summed E-state index contributed by atoms with van der Waals surface area (Å²) in [7, 11) is 0. The zero-order chi connectivity index (χ0) is 11.2. The smallest absolute Gasteiger partial charge is 0.268 e. The predicted octanol–water partition coefficient (Wildman–Crippen LogP) is -0.272. The predicted molar refractivity (Wildman–Crippen MR) is 53.4 cm³/mol. The molecule has 0 bridgehead atoms. The average molecular weight is 199 g/mol. The molecule has 0 aliphatic rings. The maximum atomic E-state index is 11.5. The van der Waals surface area contributed by atoms with Crippen molar-refractivity contribution in [2.24, 2.45) is 0 Å². The van der Waals surface area contributed by atoms with Gasteiger partial charge in [0, 0.05) is 5.54 Å². The summed E-state index contributed by atoms with van der Waals surface area (Å²) in [6, 6.07) is -0.705. The van der Waals surface area contributed by atoms with Crippen LogP contribution in [0.1, 0.15) is 20.8 Å². The van der Waals surface area contributed by atoms with Crippen molar-refractivity contribution in [1.82, 2.24) is 10.6 Å². The van der Waals surface area contributed by atoms with Gasteiger partial charge in [0.15, 0.2) is 0 Å². The van der Waals surface area contributed by atoms with Crippen LogP contribution in [0.3, 0.4) is 0 Å². The molecule has 0 fully saturated rings. The molecular formula is C9H17N3O2. The highest BCUT2D eigenvalue weighted by atomic mass is 16.3. The van der Waals surface area contributed by atoms with E-state index in [1.807, 2.05) is 20.8 Å². The van der Waals surface area contributed by atoms with Crippen LogP contribution in [0.5, 0.6) is 0 Å². The van der Waals surface area contributed by atoms with Crippen molar-refractivity contribution in [2.45, 2.75) is 32.4 Å². The van der Waals surface area contributed by atoms with E-state index in [-0.39, 0.29) is 24.7 Å².